The summed E-state index contributed by atoms with van der Waals surface area (Å²) >= 11 is 0. The van der Waals surface area contributed by atoms with Gasteiger partial charge in [0.2, 0.25) is 5.91 Å². The van der Waals surface area contributed by atoms with Gasteiger partial charge in [-0.25, -0.2) is 0 Å². The largest absolute Gasteiger partial charge is 0.466 e. The zero-order valence-electron chi connectivity index (χ0n) is 47.3. The van der Waals surface area contributed by atoms with Crippen LogP contribution in [-0.2, 0) is 14.3 Å². The summed E-state index contributed by atoms with van der Waals surface area (Å²) in [6, 6.07) is -0.541. The molecule has 3 N–H and O–H groups in total. The molecule has 70 heavy (non-hydrogen) atoms. The second kappa shape index (κ2) is 59.9. The number of rotatable bonds is 59. The first-order chi connectivity index (χ1) is 34.5. The number of amides is 1. The van der Waals surface area contributed by atoms with E-state index in [0.717, 1.165) is 44.9 Å². The number of carbonyl (C=O) groups excluding carboxylic acids is 2. The minimum absolute atomic E-state index is 0.00422. The van der Waals surface area contributed by atoms with Gasteiger partial charge in [-0.2, -0.15) is 0 Å². The number of carbonyl (C=O) groups is 2. The molecule has 0 saturated carbocycles. The van der Waals surface area contributed by atoms with Gasteiger partial charge in [0.05, 0.1) is 25.4 Å². The van der Waals surface area contributed by atoms with Gasteiger partial charge in [-0.3, -0.25) is 9.59 Å². The molecule has 0 heterocycles. The van der Waals surface area contributed by atoms with E-state index in [-0.39, 0.29) is 18.5 Å². The third-order valence-corrected chi connectivity index (χ3v) is 14.7. The Hall–Kier alpha value is -1.66. The Morgan fingerprint density at radius 2 is 0.686 bits per heavy atom. The highest BCUT2D eigenvalue weighted by atomic mass is 16.5. The topological polar surface area (TPSA) is 95.9 Å². The minimum Gasteiger partial charge on any atom is -0.466 e. The molecule has 0 bridgehead atoms. The van der Waals surface area contributed by atoms with Crippen molar-refractivity contribution >= 4 is 11.9 Å². The van der Waals surface area contributed by atoms with Crippen LogP contribution in [0.5, 0.6) is 0 Å². The minimum atomic E-state index is -0.664. The molecule has 0 aliphatic rings. The molecule has 0 saturated heterocycles. The van der Waals surface area contributed by atoms with Gasteiger partial charge in [0.1, 0.15) is 0 Å². The lowest BCUT2D eigenvalue weighted by molar-refractivity contribution is -0.143. The predicted octanol–water partition coefficient (Wildman–Crippen LogP) is 19.8. The lowest BCUT2D eigenvalue weighted by Crippen LogP contribution is -2.45. The number of allylic oxidation sites excluding steroid dienone is 4. The van der Waals surface area contributed by atoms with Crippen molar-refractivity contribution in [3.63, 3.8) is 0 Å². The number of hydrogen-bond donors (Lipinski definition) is 3. The molecule has 0 radical (unpaired) electrons. The normalized spacial score (nSPS) is 12.7. The van der Waals surface area contributed by atoms with E-state index in [2.05, 4.69) is 43.5 Å². The molecule has 0 rings (SSSR count). The van der Waals surface area contributed by atoms with Crippen LogP contribution >= 0.6 is 0 Å². The first kappa shape index (κ1) is 68.3. The number of nitrogens with one attached hydrogen (secondary N) is 1. The first-order valence-electron chi connectivity index (χ1n) is 31.6. The van der Waals surface area contributed by atoms with Crippen molar-refractivity contribution in [2.24, 2.45) is 0 Å². The number of unbranched alkanes of at least 4 members (excludes halogenated alkanes) is 44. The van der Waals surface area contributed by atoms with Crippen molar-refractivity contribution < 1.29 is 24.5 Å². The van der Waals surface area contributed by atoms with E-state index in [1.165, 1.54) is 270 Å². The summed E-state index contributed by atoms with van der Waals surface area (Å²) in [7, 11) is 0. The maximum atomic E-state index is 12.5. The second-order valence-electron chi connectivity index (χ2n) is 21.7. The number of aliphatic hydroxyl groups is 2. The Bertz CT molecular complexity index is 1090. The van der Waals surface area contributed by atoms with Gasteiger partial charge < -0.3 is 20.3 Å². The molecule has 0 spiro atoms. The summed E-state index contributed by atoms with van der Waals surface area (Å²) in [4.78, 5) is 24.5. The second-order valence-corrected chi connectivity index (χ2v) is 21.7. The standard InChI is InChI=1S/C64H123NO5/c1-3-5-7-9-11-13-15-16-30-33-37-40-44-48-52-56-62(67)61(60-66)65-63(68)57-53-49-45-41-38-34-31-28-26-24-22-20-18-17-19-21-23-25-27-29-32-35-39-43-47-51-55-59-70-64(69)58-54-50-46-42-36-14-12-10-8-6-4-2/h10,12,17-18,61-62,66-67H,3-9,11,13-16,19-60H2,1-2H3,(H,65,68)/b12-10-,18-17-. The zero-order valence-corrected chi connectivity index (χ0v) is 47.3. The van der Waals surface area contributed by atoms with Gasteiger partial charge >= 0.3 is 5.97 Å². The Morgan fingerprint density at radius 3 is 1.06 bits per heavy atom. The maximum Gasteiger partial charge on any atom is 0.305 e. The smallest absolute Gasteiger partial charge is 0.305 e. The van der Waals surface area contributed by atoms with Crippen LogP contribution in [0, 0.1) is 0 Å². The van der Waals surface area contributed by atoms with Gasteiger partial charge in [-0.1, -0.05) is 289 Å². The van der Waals surface area contributed by atoms with Crippen molar-refractivity contribution in [1.82, 2.24) is 5.32 Å². The lowest BCUT2D eigenvalue weighted by atomic mass is 10.0. The molecule has 0 aliphatic heterocycles. The quantitative estimate of drug-likeness (QED) is 0.0321. The van der Waals surface area contributed by atoms with E-state index in [9.17, 15) is 19.8 Å². The summed E-state index contributed by atoms with van der Waals surface area (Å²) in [6.07, 6.45) is 73.4. The maximum absolute atomic E-state index is 12.5. The van der Waals surface area contributed by atoms with Crippen LogP contribution in [-0.4, -0.2) is 47.4 Å². The molecule has 0 aromatic rings. The summed E-state index contributed by atoms with van der Waals surface area (Å²) in [5.74, 6) is -0.0295. The molecule has 2 unspecified atom stereocenters. The highest BCUT2D eigenvalue weighted by molar-refractivity contribution is 5.76. The van der Waals surface area contributed by atoms with Crippen molar-refractivity contribution in [3.8, 4) is 0 Å². The first-order valence-corrected chi connectivity index (χ1v) is 31.6. The molecule has 1 amide bonds. The summed E-state index contributed by atoms with van der Waals surface area (Å²) in [5, 5.41) is 23.3. The molecule has 414 valence electrons. The van der Waals surface area contributed by atoms with Crippen molar-refractivity contribution in [2.75, 3.05) is 13.2 Å². The SMILES string of the molecule is CCCC/C=C\CCCCCCCC(=O)OCCCCCCCCCCCCCC/C=C\CCCCCCCCCCCCCC(=O)NC(CO)C(O)CCCCCCCCCCCCCCCCC. The molecule has 0 aromatic carbocycles. The van der Waals surface area contributed by atoms with Crippen LogP contribution in [0.3, 0.4) is 0 Å². The Labute approximate surface area is 437 Å². The number of aliphatic hydroxyl groups excluding tert-OH is 2. The van der Waals surface area contributed by atoms with Gasteiger partial charge in [0.15, 0.2) is 0 Å². The fourth-order valence-corrected chi connectivity index (χ4v) is 9.85. The molecule has 0 aromatic heterocycles. The van der Waals surface area contributed by atoms with Gasteiger partial charge in [-0.15, -0.1) is 0 Å². The number of ether oxygens (including phenoxy) is 1. The van der Waals surface area contributed by atoms with E-state index in [0.29, 0.717) is 25.9 Å². The molecular weight excluding hydrogens is 863 g/mol. The lowest BCUT2D eigenvalue weighted by Gasteiger charge is -2.22. The number of hydrogen-bond acceptors (Lipinski definition) is 5. The Balaban J connectivity index is 3.38. The Kier molecular flexibility index (Phi) is 58.5. The van der Waals surface area contributed by atoms with Crippen LogP contribution in [0.4, 0.5) is 0 Å². The van der Waals surface area contributed by atoms with Crippen LogP contribution in [0.2, 0.25) is 0 Å². The molecular formula is C64H123NO5. The van der Waals surface area contributed by atoms with E-state index >= 15 is 0 Å². The van der Waals surface area contributed by atoms with Crippen LogP contribution in [0.1, 0.15) is 348 Å². The summed E-state index contributed by atoms with van der Waals surface area (Å²) in [6.45, 7) is 4.93. The molecule has 0 aliphatic carbocycles. The van der Waals surface area contributed by atoms with Crippen LogP contribution < -0.4 is 5.32 Å². The highest BCUT2D eigenvalue weighted by Gasteiger charge is 2.20. The Morgan fingerprint density at radius 1 is 0.386 bits per heavy atom. The third-order valence-electron chi connectivity index (χ3n) is 14.7. The molecule has 6 heteroatoms. The van der Waals surface area contributed by atoms with E-state index in [1.807, 2.05) is 0 Å². The fourth-order valence-electron chi connectivity index (χ4n) is 9.85. The van der Waals surface area contributed by atoms with Gasteiger partial charge in [0, 0.05) is 12.8 Å². The molecule has 6 nitrogen and oxygen atoms in total. The van der Waals surface area contributed by atoms with Crippen molar-refractivity contribution in [1.29, 1.82) is 0 Å². The van der Waals surface area contributed by atoms with E-state index in [1.54, 1.807) is 0 Å². The molecule has 2 atom stereocenters. The average Bonchev–Trinajstić information content (AvgIpc) is 3.36. The van der Waals surface area contributed by atoms with Crippen molar-refractivity contribution in [3.05, 3.63) is 24.3 Å². The monoisotopic (exact) mass is 986 g/mol. The van der Waals surface area contributed by atoms with Crippen LogP contribution in [0.15, 0.2) is 24.3 Å². The van der Waals surface area contributed by atoms with Crippen molar-refractivity contribution in [2.45, 2.75) is 360 Å². The van der Waals surface area contributed by atoms with E-state index in [4.69, 9.17) is 4.74 Å². The van der Waals surface area contributed by atoms with Gasteiger partial charge in [0.25, 0.3) is 0 Å². The average molecular weight is 987 g/mol. The highest BCUT2D eigenvalue weighted by Crippen LogP contribution is 2.18. The molecule has 0 fully saturated rings. The van der Waals surface area contributed by atoms with E-state index < -0.39 is 12.1 Å². The fraction of sp³-hybridized carbons (Fsp3) is 0.906. The zero-order chi connectivity index (χ0) is 50.7. The third kappa shape index (κ3) is 55.7. The summed E-state index contributed by atoms with van der Waals surface area (Å²) < 4.78 is 5.46. The predicted molar refractivity (Wildman–Crippen MR) is 306 cm³/mol. The number of esters is 1. The van der Waals surface area contributed by atoms with Crippen LogP contribution in [0.25, 0.3) is 0 Å². The van der Waals surface area contributed by atoms with Gasteiger partial charge in [-0.05, 0) is 70.6 Å². The summed E-state index contributed by atoms with van der Waals surface area (Å²) in [5.41, 5.74) is 0.